The topological polar surface area (TPSA) is 45.3 Å². The Balaban J connectivity index is 1.74. The number of ether oxygens (including phenoxy) is 1. The summed E-state index contributed by atoms with van der Waals surface area (Å²) in [4.78, 5) is 17.2. The molecule has 1 amide bonds. The lowest BCUT2D eigenvalue weighted by Gasteiger charge is -2.33. The molecule has 0 radical (unpaired) electrons. The number of aromatic amines is 1. The number of morpholine rings is 1. The maximum absolute atomic E-state index is 12.6. The number of nitrogens with zero attached hydrogens (tertiary/aromatic N) is 1. The minimum atomic E-state index is -4.36. The fourth-order valence-electron chi connectivity index (χ4n) is 2.78. The summed E-state index contributed by atoms with van der Waals surface area (Å²) < 4.78 is 43.5. The monoisotopic (exact) mass is 338 g/mol. The van der Waals surface area contributed by atoms with Crippen molar-refractivity contribution in [3.8, 4) is 0 Å². The van der Waals surface area contributed by atoms with Gasteiger partial charge in [0.2, 0.25) is 0 Å². The van der Waals surface area contributed by atoms with Gasteiger partial charge in [-0.2, -0.15) is 13.2 Å². The van der Waals surface area contributed by atoms with Crippen molar-refractivity contribution in [1.82, 2.24) is 9.88 Å². The molecule has 1 saturated heterocycles. The molecule has 1 aliphatic heterocycles. The Bertz CT molecular complexity index is 722. The summed E-state index contributed by atoms with van der Waals surface area (Å²) in [5.74, 6) is -0.103. The van der Waals surface area contributed by atoms with Crippen molar-refractivity contribution < 1.29 is 22.7 Å². The fourth-order valence-corrected chi connectivity index (χ4v) is 2.78. The second kappa shape index (κ2) is 6.32. The van der Waals surface area contributed by atoms with Gasteiger partial charge in [0.25, 0.3) is 5.91 Å². The van der Waals surface area contributed by atoms with Crippen molar-refractivity contribution in [3.63, 3.8) is 0 Å². The maximum Gasteiger partial charge on any atom is 0.416 e. The van der Waals surface area contributed by atoms with Crippen molar-refractivity contribution in [1.29, 1.82) is 0 Å². The largest absolute Gasteiger partial charge is 0.416 e. The zero-order valence-corrected chi connectivity index (χ0v) is 13.1. The van der Waals surface area contributed by atoms with Crippen LogP contribution in [0.15, 0.2) is 36.5 Å². The molecule has 1 aromatic carbocycles. The summed E-state index contributed by atoms with van der Waals surface area (Å²) in [5.41, 5.74) is 1.32. The number of amides is 1. The predicted molar refractivity (Wildman–Crippen MR) is 81.6 cm³/mol. The number of aryl methyl sites for hydroxylation is 1. The van der Waals surface area contributed by atoms with E-state index in [1.807, 2.05) is 6.92 Å². The molecule has 2 aromatic rings. The van der Waals surface area contributed by atoms with Crippen LogP contribution in [-0.2, 0) is 10.9 Å². The third-order valence-corrected chi connectivity index (χ3v) is 4.15. The van der Waals surface area contributed by atoms with Gasteiger partial charge in [-0.3, -0.25) is 4.79 Å². The molecule has 1 atom stereocenters. The Morgan fingerprint density at radius 1 is 1.25 bits per heavy atom. The number of carbonyl (C=O) groups is 1. The number of hydrogen-bond acceptors (Lipinski definition) is 2. The molecule has 4 nitrogen and oxygen atoms in total. The van der Waals surface area contributed by atoms with E-state index in [1.54, 1.807) is 17.2 Å². The van der Waals surface area contributed by atoms with Gasteiger partial charge in [-0.15, -0.1) is 0 Å². The zero-order valence-electron chi connectivity index (χ0n) is 13.1. The van der Waals surface area contributed by atoms with E-state index in [0.717, 1.165) is 17.8 Å². The van der Waals surface area contributed by atoms with Crippen LogP contribution in [-0.4, -0.2) is 35.5 Å². The van der Waals surface area contributed by atoms with Gasteiger partial charge >= 0.3 is 6.18 Å². The Hall–Kier alpha value is -2.28. The molecule has 0 saturated carbocycles. The lowest BCUT2D eigenvalue weighted by atomic mass is 10.0. The number of carbonyl (C=O) groups excluding carboxylic acids is 1. The number of nitrogens with one attached hydrogen (secondary N) is 1. The van der Waals surface area contributed by atoms with E-state index in [-0.39, 0.29) is 5.91 Å². The van der Waals surface area contributed by atoms with Gasteiger partial charge < -0.3 is 14.6 Å². The van der Waals surface area contributed by atoms with E-state index in [4.69, 9.17) is 4.74 Å². The van der Waals surface area contributed by atoms with Crippen molar-refractivity contribution in [2.75, 3.05) is 19.7 Å². The van der Waals surface area contributed by atoms with Crippen LogP contribution in [0.25, 0.3) is 0 Å². The molecule has 3 rings (SSSR count). The van der Waals surface area contributed by atoms with Gasteiger partial charge in [-0.05, 0) is 30.7 Å². The first-order valence-corrected chi connectivity index (χ1v) is 7.58. The van der Waals surface area contributed by atoms with Crippen LogP contribution in [0.2, 0.25) is 0 Å². The second-order valence-electron chi connectivity index (χ2n) is 5.75. The van der Waals surface area contributed by atoms with E-state index in [0.29, 0.717) is 30.8 Å². The molecule has 1 aliphatic rings. The molecule has 1 aromatic heterocycles. The lowest BCUT2D eigenvalue weighted by molar-refractivity contribution is -0.137. The number of hydrogen-bond donors (Lipinski definition) is 1. The minimum Gasteiger partial charge on any atom is -0.370 e. The third-order valence-electron chi connectivity index (χ3n) is 4.15. The standard InChI is InChI=1S/C17H17F3N2O2/c1-11-14(6-7-21-11)16(23)22-8-9-24-15(10-22)12-2-4-13(5-3-12)17(18,19)20/h2-7,15,21H,8-10H2,1H3. The highest BCUT2D eigenvalue weighted by atomic mass is 19.4. The molecular weight excluding hydrogens is 321 g/mol. The Morgan fingerprint density at radius 3 is 2.54 bits per heavy atom. The van der Waals surface area contributed by atoms with Crippen molar-refractivity contribution >= 4 is 5.91 Å². The lowest BCUT2D eigenvalue weighted by Crippen LogP contribution is -2.42. The van der Waals surface area contributed by atoms with Crippen LogP contribution in [0.4, 0.5) is 13.2 Å². The summed E-state index contributed by atoms with van der Waals surface area (Å²) in [5, 5.41) is 0. The van der Waals surface area contributed by atoms with E-state index in [9.17, 15) is 18.0 Å². The predicted octanol–water partition coefficient (Wildman–Crippen LogP) is 3.56. The first-order valence-electron chi connectivity index (χ1n) is 7.58. The van der Waals surface area contributed by atoms with Gasteiger partial charge in [0.1, 0.15) is 6.10 Å². The number of halogens is 3. The van der Waals surface area contributed by atoms with Gasteiger partial charge in [0.05, 0.1) is 24.3 Å². The van der Waals surface area contributed by atoms with Crippen LogP contribution in [0.5, 0.6) is 0 Å². The van der Waals surface area contributed by atoms with Crippen molar-refractivity contribution in [2.45, 2.75) is 19.2 Å². The fraction of sp³-hybridized carbons (Fsp3) is 0.353. The summed E-state index contributed by atoms with van der Waals surface area (Å²) in [6.07, 6.45) is -3.08. The van der Waals surface area contributed by atoms with Crippen molar-refractivity contribution in [2.24, 2.45) is 0 Å². The van der Waals surface area contributed by atoms with E-state index < -0.39 is 17.8 Å². The van der Waals surface area contributed by atoms with Crippen LogP contribution in [0.1, 0.15) is 33.3 Å². The number of alkyl halides is 3. The van der Waals surface area contributed by atoms with Crippen LogP contribution in [0.3, 0.4) is 0 Å². The summed E-state index contributed by atoms with van der Waals surface area (Å²) in [6, 6.07) is 6.61. The summed E-state index contributed by atoms with van der Waals surface area (Å²) in [7, 11) is 0. The minimum absolute atomic E-state index is 0.103. The highest BCUT2D eigenvalue weighted by molar-refractivity contribution is 5.95. The number of aromatic nitrogens is 1. The second-order valence-corrected chi connectivity index (χ2v) is 5.75. The highest BCUT2D eigenvalue weighted by Gasteiger charge is 2.31. The van der Waals surface area contributed by atoms with Crippen molar-refractivity contribution in [3.05, 3.63) is 58.9 Å². The smallest absolute Gasteiger partial charge is 0.370 e. The van der Waals surface area contributed by atoms with Crippen LogP contribution >= 0.6 is 0 Å². The van der Waals surface area contributed by atoms with E-state index >= 15 is 0 Å². The van der Waals surface area contributed by atoms with E-state index in [1.165, 1.54) is 12.1 Å². The molecule has 1 fully saturated rings. The average Bonchev–Trinajstić information content (AvgIpc) is 3.00. The molecule has 128 valence electrons. The SMILES string of the molecule is Cc1[nH]ccc1C(=O)N1CCOC(c2ccc(C(F)(F)F)cc2)C1. The van der Waals surface area contributed by atoms with Crippen LogP contribution in [0, 0.1) is 6.92 Å². The number of benzene rings is 1. The van der Waals surface area contributed by atoms with Crippen LogP contribution < -0.4 is 0 Å². The average molecular weight is 338 g/mol. The zero-order chi connectivity index (χ0) is 17.3. The van der Waals surface area contributed by atoms with Gasteiger partial charge in [-0.25, -0.2) is 0 Å². The Kier molecular flexibility index (Phi) is 4.36. The van der Waals surface area contributed by atoms with E-state index in [2.05, 4.69) is 4.98 Å². The molecule has 7 heteroatoms. The maximum atomic E-state index is 12.6. The quantitative estimate of drug-likeness (QED) is 0.910. The molecule has 2 heterocycles. The van der Waals surface area contributed by atoms with Gasteiger partial charge in [-0.1, -0.05) is 12.1 Å². The molecule has 0 spiro atoms. The third kappa shape index (κ3) is 3.31. The Labute approximate surface area is 137 Å². The van der Waals surface area contributed by atoms with Gasteiger partial charge in [0.15, 0.2) is 0 Å². The number of H-pyrrole nitrogens is 1. The highest BCUT2D eigenvalue weighted by Crippen LogP contribution is 2.31. The molecule has 1 unspecified atom stereocenters. The summed E-state index contributed by atoms with van der Waals surface area (Å²) in [6.45, 7) is 2.94. The summed E-state index contributed by atoms with van der Waals surface area (Å²) >= 11 is 0. The molecule has 24 heavy (non-hydrogen) atoms. The molecule has 0 bridgehead atoms. The molecule has 1 N–H and O–H groups in total. The first-order chi connectivity index (χ1) is 11.4. The first kappa shape index (κ1) is 16.6. The normalized spacial score (nSPS) is 18.7. The number of rotatable bonds is 2. The van der Waals surface area contributed by atoms with Gasteiger partial charge in [0, 0.05) is 18.4 Å². The Morgan fingerprint density at radius 2 is 1.96 bits per heavy atom. The molecular formula is C17H17F3N2O2. The molecule has 0 aliphatic carbocycles.